The maximum absolute atomic E-state index is 11.1. The van der Waals surface area contributed by atoms with Crippen LogP contribution >= 0.6 is 0 Å². The summed E-state index contributed by atoms with van der Waals surface area (Å²) in [5.41, 5.74) is 0. The van der Waals surface area contributed by atoms with Crippen LogP contribution < -0.4 is 0 Å². The molecule has 0 N–H and O–H groups in total. The molecule has 268 valence electrons. The zero-order valence-electron chi connectivity index (χ0n) is 30.3. The minimum atomic E-state index is -4.09. The first-order valence-corrected chi connectivity index (χ1v) is 21.9. The van der Waals surface area contributed by atoms with Gasteiger partial charge >= 0.3 is 48.9 Å². The second-order valence-electron chi connectivity index (χ2n) is 13.2. The van der Waals surface area contributed by atoms with Crippen molar-refractivity contribution in [3.63, 3.8) is 0 Å². The maximum atomic E-state index is 11.1. The van der Waals surface area contributed by atoms with E-state index in [2.05, 4.69) is 13.8 Å². The van der Waals surface area contributed by atoms with Crippen LogP contribution in [0.3, 0.4) is 0 Å². The van der Waals surface area contributed by atoms with E-state index >= 15 is 0 Å². The van der Waals surface area contributed by atoms with E-state index in [-0.39, 0.29) is 48.9 Å². The molecule has 6 nitrogen and oxygen atoms in total. The van der Waals surface area contributed by atoms with Crippen LogP contribution in [0.4, 0.5) is 0 Å². The van der Waals surface area contributed by atoms with Gasteiger partial charge < -0.3 is 9.11 Å². The Morgan fingerprint density at radius 3 is 0.711 bits per heavy atom. The molecule has 0 heterocycles. The first kappa shape index (κ1) is 50.8. The number of hydrogen-bond acceptors (Lipinski definition) is 6. The Morgan fingerprint density at radius 2 is 0.533 bits per heavy atom. The topological polar surface area (TPSA) is 114 Å². The minimum Gasteiger partial charge on any atom is -0.748 e. The first-order chi connectivity index (χ1) is 21.0. The van der Waals surface area contributed by atoms with Crippen LogP contribution in [0.15, 0.2) is 0 Å². The molecule has 45 heavy (non-hydrogen) atoms. The van der Waals surface area contributed by atoms with Gasteiger partial charge in [0.2, 0.25) is 0 Å². The zero-order valence-corrected chi connectivity index (χ0v) is 36.4. The monoisotopic (exact) mass is 804 g/mol. The predicted octanol–water partition coefficient (Wildman–Crippen LogP) is 11.2. The fraction of sp³-hybridized carbons (Fsp3) is 1.00. The molecule has 2 unspecified atom stereocenters. The third-order valence-electron chi connectivity index (χ3n) is 8.80. The molecule has 0 spiro atoms. The molecule has 0 fully saturated rings. The van der Waals surface area contributed by atoms with Crippen LogP contribution in [0.5, 0.6) is 0 Å². The van der Waals surface area contributed by atoms with Gasteiger partial charge in [-0.1, -0.05) is 195 Å². The van der Waals surface area contributed by atoms with Crippen LogP contribution in [0.1, 0.15) is 220 Å². The standard InChI is InChI=1S/2C18H38O3S.Ba/c2*1-3-5-6-7-8-9-10-11-12-13-14-15-17-18(16-4-2)22(19,20)21;/h2*18H,3-17H2,1-2H3,(H,19,20,21);/q;;+2/p-2. The molecule has 0 aliphatic heterocycles. The summed E-state index contributed by atoms with van der Waals surface area (Å²) in [7, 11) is -8.18. The van der Waals surface area contributed by atoms with Gasteiger partial charge in [0.15, 0.2) is 0 Å². The molecule has 0 amide bonds. The second kappa shape index (κ2) is 36.7. The summed E-state index contributed by atoms with van der Waals surface area (Å²) >= 11 is 0. The molecule has 9 heteroatoms. The van der Waals surface area contributed by atoms with Crippen molar-refractivity contribution in [1.29, 1.82) is 0 Å². The number of unbranched alkanes of at least 4 members (excludes halogenated alkanes) is 22. The first-order valence-electron chi connectivity index (χ1n) is 18.9. The Bertz CT molecular complexity index is 723. The van der Waals surface area contributed by atoms with Crippen LogP contribution in [0.2, 0.25) is 0 Å². The quantitative estimate of drug-likeness (QED) is 0.0380. The summed E-state index contributed by atoms with van der Waals surface area (Å²) in [6.45, 7) is 8.36. The SMILES string of the molecule is CCCCCCCCCCCCCCC(CCC)S(=O)(=O)[O-].CCCCCCCCCCCCCCC(CCC)S(=O)(=O)[O-].[Ba+2]. The average molecular weight is 804 g/mol. The van der Waals surface area contributed by atoms with E-state index in [1.54, 1.807) is 0 Å². The molecular weight excluding hydrogens is 730 g/mol. The molecule has 0 aromatic carbocycles. The van der Waals surface area contributed by atoms with E-state index in [9.17, 15) is 25.9 Å². The number of rotatable bonds is 32. The van der Waals surface area contributed by atoms with Crippen molar-refractivity contribution in [1.82, 2.24) is 0 Å². The van der Waals surface area contributed by atoms with Gasteiger partial charge in [-0.2, -0.15) is 0 Å². The molecular formula is C36H74BaO6S2. The Morgan fingerprint density at radius 1 is 0.333 bits per heavy atom. The van der Waals surface area contributed by atoms with Crippen molar-refractivity contribution in [2.45, 2.75) is 231 Å². The van der Waals surface area contributed by atoms with E-state index in [1.165, 1.54) is 128 Å². The number of hydrogen-bond donors (Lipinski definition) is 0. The van der Waals surface area contributed by atoms with Crippen LogP contribution in [0.25, 0.3) is 0 Å². The van der Waals surface area contributed by atoms with Crippen LogP contribution in [-0.4, -0.2) is 85.3 Å². The molecule has 0 saturated heterocycles. The Balaban J connectivity index is -0.000000767. The summed E-state index contributed by atoms with van der Waals surface area (Å²) in [5, 5.41) is -1.30. The summed E-state index contributed by atoms with van der Waals surface area (Å²) in [6, 6.07) is 0. The van der Waals surface area contributed by atoms with Gasteiger partial charge in [-0.3, -0.25) is 0 Å². The van der Waals surface area contributed by atoms with Crippen molar-refractivity contribution in [2.24, 2.45) is 0 Å². The molecule has 0 aliphatic rings. The molecule has 0 rings (SSSR count). The third-order valence-corrected chi connectivity index (χ3v) is 11.4. The van der Waals surface area contributed by atoms with Gasteiger partial charge in [0.1, 0.15) is 0 Å². The van der Waals surface area contributed by atoms with Gasteiger partial charge in [0, 0.05) is 10.5 Å². The summed E-state index contributed by atoms with van der Waals surface area (Å²) in [5.74, 6) is 0. The zero-order chi connectivity index (χ0) is 33.4. The summed E-state index contributed by atoms with van der Waals surface area (Å²) < 4.78 is 66.6. The second-order valence-corrected chi connectivity index (χ2v) is 16.5. The fourth-order valence-electron chi connectivity index (χ4n) is 5.94. The molecule has 0 aliphatic carbocycles. The van der Waals surface area contributed by atoms with Crippen molar-refractivity contribution < 1.29 is 25.9 Å². The smallest absolute Gasteiger partial charge is 0.748 e. The molecule has 2 atom stereocenters. The van der Waals surface area contributed by atoms with Gasteiger partial charge in [0.25, 0.3) is 0 Å². The predicted molar refractivity (Wildman–Crippen MR) is 194 cm³/mol. The van der Waals surface area contributed by atoms with Gasteiger partial charge in [-0.25, -0.2) is 16.8 Å². The molecule has 0 bridgehead atoms. The van der Waals surface area contributed by atoms with E-state index in [1.807, 2.05) is 13.8 Å². The minimum absolute atomic E-state index is 0. The Labute approximate surface area is 322 Å². The fourth-order valence-corrected chi connectivity index (χ4v) is 7.90. The third kappa shape index (κ3) is 38.1. The summed E-state index contributed by atoms with van der Waals surface area (Å²) in [4.78, 5) is 0. The average Bonchev–Trinajstić information content (AvgIpc) is 2.96. The van der Waals surface area contributed by atoms with Crippen molar-refractivity contribution >= 4 is 69.1 Å². The van der Waals surface area contributed by atoms with E-state index < -0.39 is 30.7 Å². The van der Waals surface area contributed by atoms with Crippen molar-refractivity contribution in [2.75, 3.05) is 0 Å². The van der Waals surface area contributed by atoms with E-state index in [0.717, 1.165) is 38.5 Å². The van der Waals surface area contributed by atoms with Gasteiger partial charge in [-0.05, 0) is 25.7 Å². The van der Waals surface area contributed by atoms with E-state index in [4.69, 9.17) is 0 Å². The largest absolute Gasteiger partial charge is 2.00 e. The van der Waals surface area contributed by atoms with Crippen molar-refractivity contribution in [3.05, 3.63) is 0 Å². The van der Waals surface area contributed by atoms with Crippen LogP contribution in [0, 0.1) is 0 Å². The van der Waals surface area contributed by atoms with Crippen molar-refractivity contribution in [3.8, 4) is 0 Å². The molecule has 0 saturated carbocycles. The van der Waals surface area contributed by atoms with Crippen LogP contribution in [-0.2, 0) is 20.2 Å². The van der Waals surface area contributed by atoms with E-state index in [0.29, 0.717) is 25.7 Å². The molecule has 0 aromatic heterocycles. The Hall–Kier alpha value is 1.39. The van der Waals surface area contributed by atoms with Gasteiger partial charge in [0.05, 0.1) is 20.2 Å². The molecule has 0 aromatic rings. The van der Waals surface area contributed by atoms with Gasteiger partial charge in [-0.15, -0.1) is 0 Å². The molecule has 0 radical (unpaired) electrons. The normalized spacial score (nSPS) is 13.1. The summed E-state index contributed by atoms with van der Waals surface area (Å²) in [6.07, 6.45) is 34.0. The maximum Gasteiger partial charge on any atom is 2.00 e. The Kier molecular flexibility index (Phi) is 41.4.